The second kappa shape index (κ2) is 6.15. The zero-order valence-corrected chi connectivity index (χ0v) is 10.4. The summed E-state index contributed by atoms with van der Waals surface area (Å²) in [6, 6.07) is 0. The van der Waals surface area contributed by atoms with E-state index >= 15 is 0 Å². The van der Waals surface area contributed by atoms with E-state index in [1.165, 1.54) is 0 Å². The third kappa shape index (κ3) is 3.43. The summed E-state index contributed by atoms with van der Waals surface area (Å²) in [6.45, 7) is 3.17. The molecule has 0 radical (unpaired) electrons. The largest absolute Gasteiger partial charge is 0.481 e. The average molecular weight is 256 g/mol. The molecule has 2 unspecified atom stereocenters. The molecule has 6 heteroatoms. The third-order valence-corrected chi connectivity index (χ3v) is 3.53. The lowest BCUT2D eigenvalue weighted by Gasteiger charge is -2.32. The Hall–Kier alpha value is -1.14. The van der Waals surface area contributed by atoms with Crippen LogP contribution in [0.4, 0.5) is 0 Å². The van der Waals surface area contributed by atoms with Crippen molar-refractivity contribution in [2.75, 3.05) is 32.8 Å². The summed E-state index contributed by atoms with van der Waals surface area (Å²) in [4.78, 5) is 24.7. The van der Waals surface area contributed by atoms with Gasteiger partial charge in [-0.3, -0.25) is 9.59 Å². The van der Waals surface area contributed by atoms with E-state index in [-0.39, 0.29) is 12.0 Å². The molecule has 2 saturated heterocycles. The number of nitrogens with zero attached hydrogens (tertiary/aromatic N) is 1. The van der Waals surface area contributed by atoms with Crippen LogP contribution in [0.2, 0.25) is 0 Å². The molecular formula is C12H20N2O4. The second-order valence-electron chi connectivity index (χ2n) is 4.92. The van der Waals surface area contributed by atoms with Gasteiger partial charge in [0.1, 0.15) is 0 Å². The maximum Gasteiger partial charge on any atom is 0.308 e. The molecule has 2 aliphatic heterocycles. The molecule has 2 fully saturated rings. The van der Waals surface area contributed by atoms with Gasteiger partial charge in [0.25, 0.3) is 0 Å². The van der Waals surface area contributed by atoms with Gasteiger partial charge in [0.2, 0.25) is 5.91 Å². The number of carbonyl (C=O) groups excluding carboxylic acids is 1. The van der Waals surface area contributed by atoms with Gasteiger partial charge in [0, 0.05) is 26.2 Å². The summed E-state index contributed by atoms with van der Waals surface area (Å²) < 4.78 is 5.49. The molecule has 2 heterocycles. The van der Waals surface area contributed by atoms with Crippen LogP contribution in [0.3, 0.4) is 0 Å². The average Bonchev–Trinajstić information content (AvgIpc) is 2.40. The van der Waals surface area contributed by atoms with Crippen LogP contribution in [0.5, 0.6) is 0 Å². The number of carboxylic acids is 1. The SMILES string of the molecule is O=C(O)C1CCCN(C(=O)CC2CNCCO2)C1. The van der Waals surface area contributed by atoms with Crippen LogP contribution in [0.25, 0.3) is 0 Å². The number of morpholine rings is 1. The van der Waals surface area contributed by atoms with E-state index in [1.807, 2.05) is 0 Å². The molecule has 0 aromatic carbocycles. The highest BCUT2D eigenvalue weighted by atomic mass is 16.5. The fourth-order valence-electron chi connectivity index (χ4n) is 2.48. The first-order valence-electron chi connectivity index (χ1n) is 6.49. The maximum absolute atomic E-state index is 12.1. The molecule has 0 saturated carbocycles. The molecule has 2 rings (SSSR count). The summed E-state index contributed by atoms with van der Waals surface area (Å²) >= 11 is 0. The van der Waals surface area contributed by atoms with E-state index in [9.17, 15) is 9.59 Å². The highest BCUT2D eigenvalue weighted by molar-refractivity contribution is 5.78. The Balaban J connectivity index is 1.82. The summed E-state index contributed by atoms with van der Waals surface area (Å²) in [5.41, 5.74) is 0. The number of hydrogen-bond donors (Lipinski definition) is 2. The Bertz CT molecular complexity index is 315. The lowest BCUT2D eigenvalue weighted by molar-refractivity contribution is -0.146. The predicted octanol–water partition coefficient (Wildman–Crippen LogP) is -0.312. The fraction of sp³-hybridized carbons (Fsp3) is 0.833. The van der Waals surface area contributed by atoms with Crippen molar-refractivity contribution in [1.29, 1.82) is 0 Å². The molecule has 2 aliphatic rings. The molecule has 0 aromatic heterocycles. The van der Waals surface area contributed by atoms with Gasteiger partial charge in [-0.1, -0.05) is 0 Å². The lowest BCUT2D eigenvalue weighted by atomic mass is 9.98. The maximum atomic E-state index is 12.1. The molecule has 0 spiro atoms. The van der Waals surface area contributed by atoms with Crippen molar-refractivity contribution in [3.63, 3.8) is 0 Å². The van der Waals surface area contributed by atoms with Crippen LogP contribution in [-0.4, -0.2) is 60.8 Å². The van der Waals surface area contributed by atoms with Crippen molar-refractivity contribution in [2.24, 2.45) is 5.92 Å². The van der Waals surface area contributed by atoms with E-state index < -0.39 is 11.9 Å². The summed E-state index contributed by atoms with van der Waals surface area (Å²) in [5.74, 6) is -1.20. The van der Waals surface area contributed by atoms with Crippen molar-refractivity contribution in [3.8, 4) is 0 Å². The van der Waals surface area contributed by atoms with Crippen molar-refractivity contribution < 1.29 is 19.4 Å². The van der Waals surface area contributed by atoms with Crippen LogP contribution < -0.4 is 5.32 Å². The minimum atomic E-state index is -0.803. The smallest absolute Gasteiger partial charge is 0.308 e. The summed E-state index contributed by atoms with van der Waals surface area (Å²) in [5, 5.41) is 12.2. The van der Waals surface area contributed by atoms with E-state index in [4.69, 9.17) is 9.84 Å². The topological polar surface area (TPSA) is 78.9 Å². The van der Waals surface area contributed by atoms with Crippen LogP contribution in [0, 0.1) is 5.92 Å². The number of carbonyl (C=O) groups is 2. The van der Waals surface area contributed by atoms with E-state index in [0.717, 1.165) is 13.0 Å². The zero-order valence-electron chi connectivity index (χ0n) is 10.4. The van der Waals surface area contributed by atoms with Gasteiger partial charge in [0.15, 0.2) is 0 Å². The van der Waals surface area contributed by atoms with Gasteiger partial charge < -0.3 is 20.1 Å². The van der Waals surface area contributed by atoms with Gasteiger partial charge in [-0.2, -0.15) is 0 Å². The standard InChI is InChI=1S/C12H20N2O4/c15-11(6-10-7-13-3-5-18-10)14-4-1-2-9(8-14)12(16)17/h9-10,13H,1-8H2,(H,16,17). The first-order valence-corrected chi connectivity index (χ1v) is 6.49. The van der Waals surface area contributed by atoms with Crippen LogP contribution in [0.15, 0.2) is 0 Å². The third-order valence-electron chi connectivity index (χ3n) is 3.53. The summed E-state index contributed by atoms with van der Waals surface area (Å²) in [6.07, 6.45) is 1.71. The summed E-state index contributed by atoms with van der Waals surface area (Å²) in [7, 11) is 0. The molecule has 18 heavy (non-hydrogen) atoms. The van der Waals surface area contributed by atoms with E-state index in [0.29, 0.717) is 39.1 Å². The van der Waals surface area contributed by atoms with Crippen LogP contribution in [0.1, 0.15) is 19.3 Å². The normalized spacial score (nSPS) is 29.0. The van der Waals surface area contributed by atoms with Crippen LogP contribution >= 0.6 is 0 Å². The molecule has 1 amide bonds. The number of nitrogens with one attached hydrogen (secondary N) is 1. The van der Waals surface area contributed by atoms with Crippen molar-refractivity contribution >= 4 is 11.9 Å². The number of rotatable bonds is 3. The highest BCUT2D eigenvalue weighted by Gasteiger charge is 2.29. The minimum Gasteiger partial charge on any atom is -0.481 e. The number of carboxylic acid groups (broad SMARTS) is 1. The number of piperidine rings is 1. The van der Waals surface area contributed by atoms with Crippen molar-refractivity contribution in [3.05, 3.63) is 0 Å². The first-order chi connectivity index (χ1) is 8.66. The fourth-order valence-corrected chi connectivity index (χ4v) is 2.48. The Labute approximate surface area is 106 Å². The second-order valence-corrected chi connectivity index (χ2v) is 4.92. The van der Waals surface area contributed by atoms with Gasteiger partial charge >= 0.3 is 5.97 Å². The first kappa shape index (κ1) is 13.3. The predicted molar refractivity (Wildman–Crippen MR) is 64.2 cm³/mol. The number of ether oxygens (including phenoxy) is 1. The molecule has 2 N–H and O–H groups in total. The molecule has 6 nitrogen and oxygen atoms in total. The minimum absolute atomic E-state index is 0.00894. The molecule has 2 atom stereocenters. The van der Waals surface area contributed by atoms with E-state index in [1.54, 1.807) is 4.90 Å². The highest BCUT2D eigenvalue weighted by Crippen LogP contribution is 2.18. The lowest BCUT2D eigenvalue weighted by Crippen LogP contribution is -2.46. The monoisotopic (exact) mass is 256 g/mol. The number of likely N-dealkylation sites (tertiary alicyclic amines) is 1. The van der Waals surface area contributed by atoms with Gasteiger partial charge in [0.05, 0.1) is 25.0 Å². The van der Waals surface area contributed by atoms with Crippen LogP contribution in [-0.2, 0) is 14.3 Å². The molecule has 102 valence electrons. The van der Waals surface area contributed by atoms with E-state index in [2.05, 4.69) is 5.32 Å². The van der Waals surface area contributed by atoms with Crippen molar-refractivity contribution in [2.45, 2.75) is 25.4 Å². The Kier molecular flexibility index (Phi) is 4.54. The number of amides is 1. The molecular weight excluding hydrogens is 236 g/mol. The number of aliphatic carboxylic acids is 1. The quantitative estimate of drug-likeness (QED) is 0.724. The molecule has 0 aliphatic carbocycles. The number of hydrogen-bond acceptors (Lipinski definition) is 4. The molecule has 0 bridgehead atoms. The Morgan fingerprint density at radius 2 is 2.28 bits per heavy atom. The van der Waals surface area contributed by atoms with Gasteiger partial charge in [-0.05, 0) is 12.8 Å². The van der Waals surface area contributed by atoms with Crippen molar-refractivity contribution in [1.82, 2.24) is 10.2 Å². The van der Waals surface area contributed by atoms with Gasteiger partial charge in [-0.15, -0.1) is 0 Å². The Morgan fingerprint density at radius 3 is 2.94 bits per heavy atom. The zero-order chi connectivity index (χ0) is 13.0. The molecule has 0 aromatic rings. The Morgan fingerprint density at radius 1 is 1.44 bits per heavy atom. The van der Waals surface area contributed by atoms with Gasteiger partial charge in [-0.25, -0.2) is 0 Å².